The highest BCUT2D eigenvalue weighted by atomic mass is 79.9. The molecule has 20 heteroatoms. The molecule has 380 valence electrons. The second kappa shape index (κ2) is 23.4. The number of ether oxygens (including phenoxy) is 2. The van der Waals surface area contributed by atoms with E-state index < -0.39 is 0 Å². The zero-order valence-electron chi connectivity index (χ0n) is 41.4. The van der Waals surface area contributed by atoms with Gasteiger partial charge in [0.2, 0.25) is 11.8 Å². The van der Waals surface area contributed by atoms with Crippen LogP contribution < -0.4 is 36.1 Å². The number of rotatable bonds is 19. The number of aliphatic hydroxyl groups is 1. The number of carbonyl (C=O) groups is 3. The van der Waals surface area contributed by atoms with Gasteiger partial charge < -0.3 is 38.9 Å². The lowest BCUT2D eigenvalue weighted by atomic mass is 9.90. The topological polar surface area (TPSA) is 252 Å². The van der Waals surface area contributed by atoms with Crippen molar-refractivity contribution in [3.63, 3.8) is 0 Å². The van der Waals surface area contributed by atoms with Gasteiger partial charge in [0.05, 0.1) is 31.0 Å². The Labute approximate surface area is 435 Å². The van der Waals surface area contributed by atoms with Crippen LogP contribution >= 0.6 is 15.9 Å². The average molecular weight is 1060 g/mol. The third kappa shape index (κ3) is 12.6. The highest BCUT2D eigenvalue weighted by Crippen LogP contribution is 2.40. The molecule has 0 unspecified atom stereocenters. The van der Waals surface area contributed by atoms with Crippen molar-refractivity contribution in [1.82, 2.24) is 28.7 Å². The Morgan fingerprint density at radius 1 is 0.811 bits per heavy atom. The second-order valence-electron chi connectivity index (χ2n) is 18.4. The van der Waals surface area contributed by atoms with Crippen molar-refractivity contribution in [2.75, 3.05) is 35.3 Å². The molecular formula is C54H54BrN11O8. The number of carbonyl (C=O) groups excluding carboxylic acids is 3. The van der Waals surface area contributed by atoms with Crippen LogP contribution in [0.15, 0.2) is 118 Å². The Balaban J connectivity index is 0.000000260. The van der Waals surface area contributed by atoms with Gasteiger partial charge in [-0.05, 0) is 94.6 Å². The van der Waals surface area contributed by atoms with Crippen LogP contribution in [0.5, 0.6) is 11.8 Å². The van der Waals surface area contributed by atoms with Crippen LogP contribution in [0.1, 0.15) is 66.8 Å². The van der Waals surface area contributed by atoms with E-state index in [-0.39, 0.29) is 83.5 Å². The van der Waals surface area contributed by atoms with E-state index in [1.165, 1.54) is 20.4 Å². The molecule has 0 aromatic carbocycles. The van der Waals surface area contributed by atoms with Crippen LogP contribution in [0.2, 0.25) is 0 Å². The summed E-state index contributed by atoms with van der Waals surface area (Å²) in [4.78, 5) is 77.3. The summed E-state index contributed by atoms with van der Waals surface area (Å²) in [5, 5.41) is 34.1. The predicted molar refractivity (Wildman–Crippen MR) is 282 cm³/mol. The van der Waals surface area contributed by atoms with Crippen LogP contribution in [0.4, 0.5) is 28.8 Å². The SMILES string of the molecule is C=C(C#N)C(=O)CCCOc1cccc(Nc2cc(-c3ccnc(N4CCn5c(cc6c5CC(C)(C)C6)C4=O)c3CO)cn(C)c2=O)n1.C=C(C#N)C(=O)CCCOc1cccc(Nc2cc(Br)cn(C)c2=O)n1. The number of aryl methyl sites for hydroxylation is 2. The van der Waals surface area contributed by atoms with Gasteiger partial charge in [-0.25, -0.2) is 4.98 Å². The fraction of sp³-hybridized carbons (Fsp3) is 0.296. The Bertz CT molecular complexity index is 3400. The van der Waals surface area contributed by atoms with E-state index in [0.29, 0.717) is 83.2 Å². The van der Waals surface area contributed by atoms with Crippen molar-refractivity contribution < 1.29 is 29.0 Å². The van der Waals surface area contributed by atoms with Crippen LogP contribution in [-0.2, 0) is 49.7 Å². The minimum atomic E-state index is -0.364. The standard InChI is InChI=1S/C36H37N7O5.C18H17BrN4O3/c1-22(19-37)30(45)7-6-14-48-32-9-5-8-31(40-32)39-27-15-24(20-41(4)34(27)46)25-10-11-38-33(26(25)21-44)43-13-12-42-28(35(43)47)16-23-17-36(2,3)18-29(23)42;1-12(10-20)15(24)5-4-8-26-17-7-3-6-16(22-17)21-14-9-13(19)11-23(2)18(14)25/h5,8-11,15-16,20,44H,1,6-7,12-14,17-18,21H2,2-4H3,(H,39,40);3,6-7,9,11H,1,4-5,8H2,2H3,(H,21,22). The third-order valence-electron chi connectivity index (χ3n) is 12.2. The van der Waals surface area contributed by atoms with Gasteiger partial charge in [-0.1, -0.05) is 39.1 Å². The third-order valence-corrected chi connectivity index (χ3v) is 12.7. The molecule has 6 aromatic rings. The molecule has 7 heterocycles. The van der Waals surface area contributed by atoms with Crippen molar-refractivity contribution in [2.24, 2.45) is 19.5 Å². The van der Waals surface area contributed by atoms with Gasteiger partial charge in [0.1, 0.15) is 46.7 Å². The maximum atomic E-state index is 13.8. The number of aliphatic hydroxyl groups excluding tert-OH is 1. The number of hydrogen-bond acceptors (Lipinski definition) is 15. The lowest BCUT2D eigenvalue weighted by Gasteiger charge is -2.31. The number of ketones is 2. The van der Waals surface area contributed by atoms with Gasteiger partial charge in [-0.15, -0.1) is 0 Å². The normalized spacial score (nSPS) is 13.0. The van der Waals surface area contributed by atoms with Gasteiger partial charge in [-0.3, -0.25) is 28.9 Å². The molecule has 2 aliphatic rings. The van der Waals surface area contributed by atoms with Gasteiger partial charge in [0, 0.05) is 92.0 Å². The fourth-order valence-corrected chi connectivity index (χ4v) is 9.15. The van der Waals surface area contributed by atoms with Crippen LogP contribution in [0.3, 0.4) is 0 Å². The molecule has 0 saturated carbocycles. The summed E-state index contributed by atoms with van der Waals surface area (Å²) in [5.41, 5.74) is 5.04. The molecule has 0 fully saturated rings. The molecule has 0 spiro atoms. The first kappa shape index (κ1) is 53.3. The molecule has 19 nitrogen and oxygen atoms in total. The molecule has 0 bridgehead atoms. The molecule has 1 aliphatic heterocycles. The Morgan fingerprint density at radius 2 is 1.38 bits per heavy atom. The number of hydrogen-bond donors (Lipinski definition) is 3. The first-order chi connectivity index (χ1) is 35.4. The van der Waals surface area contributed by atoms with E-state index in [2.05, 4.69) is 73.1 Å². The highest BCUT2D eigenvalue weighted by molar-refractivity contribution is 9.10. The van der Waals surface area contributed by atoms with Crippen LogP contribution in [-0.4, -0.2) is 71.0 Å². The number of Topliss-reactive ketones (excluding diaryl/α,β-unsaturated/α-hetero) is 2. The molecule has 3 N–H and O–H groups in total. The quantitative estimate of drug-likeness (QED) is 0.0402. The van der Waals surface area contributed by atoms with E-state index in [1.807, 2.05) is 6.07 Å². The summed E-state index contributed by atoms with van der Waals surface area (Å²) in [7, 11) is 3.29. The summed E-state index contributed by atoms with van der Waals surface area (Å²) in [5.74, 6) is 1.13. The fourth-order valence-electron chi connectivity index (χ4n) is 8.61. The molecule has 1 amide bonds. The van der Waals surface area contributed by atoms with Crippen LogP contribution in [0, 0.1) is 28.1 Å². The van der Waals surface area contributed by atoms with Gasteiger partial charge in [-0.2, -0.15) is 20.5 Å². The van der Waals surface area contributed by atoms with E-state index in [4.69, 9.17) is 20.0 Å². The molecule has 0 atom stereocenters. The molecule has 6 aromatic heterocycles. The second-order valence-corrected chi connectivity index (χ2v) is 19.3. The van der Waals surface area contributed by atoms with E-state index in [0.717, 1.165) is 17.3 Å². The van der Waals surface area contributed by atoms with E-state index in [9.17, 15) is 29.1 Å². The first-order valence-electron chi connectivity index (χ1n) is 23.6. The molecular weight excluding hydrogens is 1010 g/mol. The van der Waals surface area contributed by atoms with E-state index in [1.54, 1.807) is 104 Å². The molecule has 1 aliphatic carbocycles. The van der Waals surface area contributed by atoms with E-state index >= 15 is 0 Å². The maximum absolute atomic E-state index is 13.8. The van der Waals surface area contributed by atoms with Crippen molar-refractivity contribution >= 4 is 62.2 Å². The number of pyridine rings is 5. The number of nitriles is 2. The largest absolute Gasteiger partial charge is 0.478 e. The maximum Gasteiger partial charge on any atom is 0.276 e. The Morgan fingerprint density at radius 3 is 1.95 bits per heavy atom. The Kier molecular flexibility index (Phi) is 16.9. The number of allylic oxidation sites excluding steroid dienone is 2. The number of anilines is 5. The minimum Gasteiger partial charge on any atom is -0.478 e. The number of amides is 1. The van der Waals surface area contributed by atoms with Gasteiger partial charge >= 0.3 is 0 Å². The van der Waals surface area contributed by atoms with Crippen LogP contribution in [0.25, 0.3) is 11.1 Å². The lowest BCUT2D eigenvalue weighted by molar-refractivity contribution is -0.116. The average Bonchev–Trinajstić information content (AvgIpc) is 3.88. The number of fused-ring (bicyclic) bond motifs is 3. The van der Waals surface area contributed by atoms with Gasteiger partial charge in [0.15, 0.2) is 11.6 Å². The number of nitrogens with one attached hydrogen (secondary N) is 2. The zero-order valence-corrected chi connectivity index (χ0v) is 43.0. The summed E-state index contributed by atoms with van der Waals surface area (Å²) < 4.78 is 17.0. The number of aromatic nitrogens is 6. The Hall–Kier alpha value is -8.46. The number of halogens is 1. The summed E-state index contributed by atoms with van der Waals surface area (Å²) in [6, 6.07) is 20.8. The summed E-state index contributed by atoms with van der Waals surface area (Å²) >= 11 is 3.35. The lowest BCUT2D eigenvalue weighted by Crippen LogP contribution is -2.41. The van der Waals surface area contributed by atoms with Crippen molar-refractivity contribution in [1.29, 1.82) is 10.5 Å². The molecule has 0 radical (unpaired) electrons. The highest BCUT2D eigenvalue weighted by Gasteiger charge is 2.37. The summed E-state index contributed by atoms with van der Waals surface area (Å²) in [6.45, 7) is 12.5. The van der Waals surface area contributed by atoms with Gasteiger partial charge in [0.25, 0.3) is 17.0 Å². The smallest absolute Gasteiger partial charge is 0.276 e. The first-order valence-corrected chi connectivity index (χ1v) is 24.4. The summed E-state index contributed by atoms with van der Waals surface area (Å²) in [6.07, 6.45) is 7.99. The molecule has 0 saturated heterocycles. The van der Waals surface area contributed by atoms with Crippen molar-refractivity contribution in [2.45, 2.75) is 65.5 Å². The minimum absolute atomic E-state index is 0.0510. The molecule has 74 heavy (non-hydrogen) atoms. The molecule has 8 rings (SSSR count). The number of nitrogens with zero attached hydrogens (tertiary/aromatic N) is 9. The van der Waals surface area contributed by atoms with Crippen molar-refractivity contribution in [3.8, 4) is 35.0 Å². The predicted octanol–water partition coefficient (Wildman–Crippen LogP) is 7.57. The monoisotopic (exact) mass is 1060 g/mol. The zero-order chi connectivity index (χ0) is 53.3. The van der Waals surface area contributed by atoms with Crippen molar-refractivity contribution in [3.05, 3.63) is 151 Å².